The van der Waals surface area contributed by atoms with Crippen LogP contribution in [0.3, 0.4) is 0 Å². The summed E-state index contributed by atoms with van der Waals surface area (Å²) in [7, 11) is 0. The summed E-state index contributed by atoms with van der Waals surface area (Å²) in [6, 6.07) is 9.71. The maximum atomic E-state index is 12.4. The molecule has 17 heavy (non-hydrogen) atoms. The van der Waals surface area contributed by atoms with Gasteiger partial charge in [0.2, 0.25) is 0 Å². The first-order valence-electron chi connectivity index (χ1n) is 5.94. The van der Waals surface area contributed by atoms with E-state index < -0.39 is 0 Å². The van der Waals surface area contributed by atoms with Gasteiger partial charge in [-0.2, -0.15) is 0 Å². The van der Waals surface area contributed by atoms with E-state index in [9.17, 15) is 4.79 Å². The lowest BCUT2D eigenvalue weighted by Gasteiger charge is -2.11. The molecule has 2 aromatic rings. The third-order valence-corrected chi connectivity index (χ3v) is 3.28. The van der Waals surface area contributed by atoms with E-state index in [0.717, 1.165) is 42.0 Å². The van der Waals surface area contributed by atoms with Crippen molar-refractivity contribution in [1.82, 2.24) is 9.55 Å². The summed E-state index contributed by atoms with van der Waals surface area (Å²) in [5.41, 5.74) is 2.91. The molecular weight excluding hydrogens is 212 g/mol. The third kappa shape index (κ3) is 1.58. The molecule has 0 radical (unpaired) electrons. The Morgan fingerprint density at radius 2 is 1.94 bits per heavy atom. The number of aromatic nitrogens is 2. The molecule has 1 heterocycles. The first kappa shape index (κ1) is 10.3. The van der Waals surface area contributed by atoms with Crippen LogP contribution < -0.4 is 5.56 Å². The van der Waals surface area contributed by atoms with Crippen LogP contribution in [-0.2, 0) is 12.8 Å². The van der Waals surface area contributed by atoms with Crippen LogP contribution >= 0.6 is 0 Å². The van der Waals surface area contributed by atoms with Crippen molar-refractivity contribution in [2.45, 2.75) is 26.2 Å². The van der Waals surface area contributed by atoms with Crippen molar-refractivity contribution in [3.05, 3.63) is 57.8 Å². The summed E-state index contributed by atoms with van der Waals surface area (Å²) < 4.78 is 1.71. The molecule has 0 fully saturated rings. The van der Waals surface area contributed by atoms with Gasteiger partial charge >= 0.3 is 0 Å². The standard InChI is InChI=1S/C14H14N2O/c1-10-15-13-9-5-8-12(13)14(17)16(10)11-6-3-2-4-7-11/h2-4,6-7H,5,8-9H2,1H3. The zero-order chi connectivity index (χ0) is 11.8. The molecule has 1 aromatic carbocycles. The van der Waals surface area contributed by atoms with Gasteiger partial charge in [-0.05, 0) is 38.3 Å². The number of nitrogens with zero attached hydrogens (tertiary/aromatic N) is 2. The number of hydrogen-bond acceptors (Lipinski definition) is 2. The number of aryl methyl sites for hydroxylation is 2. The third-order valence-electron chi connectivity index (χ3n) is 3.28. The fourth-order valence-electron chi connectivity index (χ4n) is 2.49. The van der Waals surface area contributed by atoms with E-state index in [1.165, 1.54) is 0 Å². The van der Waals surface area contributed by atoms with Crippen LogP contribution in [0.15, 0.2) is 35.1 Å². The normalized spacial score (nSPS) is 13.7. The van der Waals surface area contributed by atoms with Gasteiger partial charge in [0, 0.05) is 5.56 Å². The molecule has 0 saturated heterocycles. The Hall–Kier alpha value is -1.90. The number of benzene rings is 1. The average molecular weight is 226 g/mol. The van der Waals surface area contributed by atoms with Gasteiger partial charge in [-0.1, -0.05) is 18.2 Å². The smallest absolute Gasteiger partial charge is 0.261 e. The van der Waals surface area contributed by atoms with Gasteiger partial charge in [-0.25, -0.2) is 4.98 Å². The van der Waals surface area contributed by atoms with Crippen molar-refractivity contribution in [2.24, 2.45) is 0 Å². The Kier molecular flexibility index (Phi) is 2.32. The van der Waals surface area contributed by atoms with Crippen LogP contribution in [0.25, 0.3) is 5.69 Å². The van der Waals surface area contributed by atoms with Crippen molar-refractivity contribution < 1.29 is 0 Å². The molecule has 3 nitrogen and oxygen atoms in total. The van der Waals surface area contributed by atoms with Crippen molar-refractivity contribution in [3.63, 3.8) is 0 Å². The fraction of sp³-hybridized carbons (Fsp3) is 0.286. The SMILES string of the molecule is Cc1nc2c(c(=O)n1-c1ccccc1)CCC2. The Morgan fingerprint density at radius 3 is 2.71 bits per heavy atom. The van der Waals surface area contributed by atoms with Gasteiger partial charge in [0.1, 0.15) is 5.82 Å². The Labute approximate surface area is 99.8 Å². The van der Waals surface area contributed by atoms with Crippen LogP contribution in [0, 0.1) is 6.92 Å². The molecule has 0 atom stereocenters. The zero-order valence-corrected chi connectivity index (χ0v) is 9.81. The van der Waals surface area contributed by atoms with Gasteiger partial charge < -0.3 is 0 Å². The lowest BCUT2D eigenvalue weighted by molar-refractivity contribution is 0.837. The summed E-state index contributed by atoms with van der Waals surface area (Å²) >= 11 is 0. The maximum Gasteiger partial charge on any atom is 0.261 e. The fourth-order valence-corrected chi connectivity index (χ4v) is 2.49. The van der Waals surface area contributed by atoms with Crippen molar-refractivity contribution in [3.8, 4) is 5.69 Å². The van der Waals surface area contributed by atoms with Gasteiger partial charge in [-0.3, -0.25) is 9.36 Å². The van der Waals surface area contributed by atoms with Crippen LogP contribution in [-0.4, -0.2) is 9.55 Å². The summed E-state index contributed by atoms with van der Waals surface area (Å²) in [4.78, 5) is 17.0. The highest BCUT2D eigenvalue weighted by molar-refractivity contribution is 5.35. The lowest BCUT2D eigenvalue weighted by Crippen LogP contribution is -2.25. The molecule has 1 aliphatic rings. The number of rotatable bonds is 1. The lowest BCUT2D eigenvalue weighted by atomic mass is 10.2. The number of fused-ring (bicyclic) bond motifs is 1. The minimum Gasteiger partial charge on any atom is -0.269 e. The second-order valence-corrected chi connectivity index (χ2v) is 4.41. The predicted molar refractivity (Wildman–Crippen MR) is 66.6 cm³/mol. The molecule has 0 bridgehead atoms. The molecule has 1 aliphatic carbocycles. The molecule has 0 spiro atoms. The van der Waals surface area contributed by atoms with Crippen LogP contribution in [0.5, 0.6) is 0 Å². The first-order chi connectivity index (χ1) is 8.27. The van der Waals surface area contributed by atoms with Crippen molar-refractivity contribution >= 4 is 0 Å². The first-order valence-corrected chi connectivity index (χ1v) is 5.94. The molecule has 3 heteroatoms. The van der Waals surface area contributed by atoms with E-state index in [-0.39, 0.29) is 5.56 Å². The number of para-hydroxylation sites is 1. The van der Waals surface area contributed by atoms with Crippen molar-refractivity contribution in [1.29, 1.82) is 0 Å². The monoisotopic (exact) mass is 226 g/mol. The zero-order valence-electron chi connectivity index (χ0n) is 9.81. The summed E-state index contributed by atoms with van der Waals surface area (Å²) in [6.07, 6.45) is 2.87. The molecule has 86 valence electrons. The van der Waals surface area contributed by atoms with Gasteiger partial charge in [0.15, 0.2) is 0 Å². The Bertz CT molecular complexity index is 614. The van der Waals surface area contributed by atoms with Gasteiger partial charge in [0.05, 0.1) is 11.4 Å². The van der Waals surface area contributed by atoms with Gasteiger partial charge in [0.25, 0.3) is 5.56 Å². The van der Waals surface area contributed by atoms with E-state index >= 15 is 0 Å². The Balaban J connectivity index is 2.28. The molecule has 0 aliphatic heterocycles. The van der Waals surface area contributed by atoms with E-state index in [1.54, 1.807) is 4.57 Å². The molecule has 0 N–H and O–H groups in total. The van der Waals surface area contributed by atoms with Crippen LogP contribution in [0.2, 0.25) is 0 Å². The van der Waals surface area contributed by atoms with E-state index in [0.29, 0.717) is 0 Å². The van der Waals surface area contributed by atoms with Crippen LogP contribution in [0.1, 0.15) is 23.5 Å². The van der Waals surface area contributed by atoms with E-state index in [2.05, 4.69) is 4.98 Å². The van der Waals surface area contributed by atoms with Gasteiger partial charge in [-0.15, -0.1) is 0 Å². The van der Waals surface area contributed by atoms with E-state index in [1.807, 2.05) is 37.3 Å². The van der Waals surface area contributed by atoms with Crippen molar-refractivity contribution in [2.75, 3.05) is 0 Å². The highest BCUT2D eigenvalue weighted by Gasteiger charge is 2.19. The molecule has 0 saturated carbocycles. The quantitative estimate of drug-likeness (QED) is 0.745. The minimum atomic E-state index is 0.108. The highest BCUT2D eigenvalue weighted by Crippen LogP contribution is 2.18. The predicted octanol–water partition coefficient (Wildman–Crippen LogP) is 2.03. The highest BCUT2D eigenvalue weighted by atomic mass is 16.1. The topological polar surface area (TPSA) is 34.9 Å². The molecule has 3 rings (SSSR count). The maximum absolute atomic E-state index is 12.4. The molecule has 0 amide bonds. The molecule has 1 aromatic heterocycles. The number of hydrogen-bond donors (Lipinski definition) is 0. The average Bonchev–Trinajstić information content (AvgIpc) is 2.78. The molecule has 0 unspecified atom stereocenters. The summed E-state index contributed by atoms with van der Waals surface area (Å²) in [6.45, 7) is 1.90. The largest absolute Gasteiger partial charge is 0.269 e. The summed E-state index contributed by atoms with van der Waals surface area (Å²) in [5, 5.41) is 0. The Morgan fingerprint density at radius 1 is 1.18 bits per heavy atom. The van der Waals surface area contributed by atoms with Crippen LogP contribution in [0.4, 0.5) is 0 Å². The second kappa shape index (κ2) is 3.84. The molecular formula is C14H14N2O. The summed E-state index contributed by atoms with van der Waals surface area (Å²) in [5.74, 6) is 0.779. The van der Waals surface area contributed by atoms with E-state index in [4.69, 9.17) is 0 Å². The second-order valence-electron chi connectivity index (χ2n) is 4.41. The minimum absolute atomic E-state index is 0.108.